The highest BCUT2D eigenvalue weighted by Gasteiger charge is 2.23. The molecular weight excluding hydrogens is 422 g/mol. The van der Waals surface area contributed by atoms with Crippen molar-refractivity contribution in [3.8, 4) is 0 Å². The molecule has 0 radical (unpaired) electrons. The summed E-state index contributed by atoms with van der Waals surface area (Å²) in [6, 6.07) is 14.3. The van der Waals surface area contributed by atoms with Crippen molar-refractivity contribution in [2.75, 3.05) is 0 Å². The maximum Gasteiger partial charge on any atom is 0.271 e. The van der Waals surface area contributed by atoms with Gasteiger partial charge in [-0.2, -0.15) is 0 Å². The van der Waals surface area contributed by atoms with E-state index in [1.54, 1.807) is 18.2 Å². The first-order valence-electron chi connectivity index (χ1n) is 7.44. The van der Waals surface area contributed by atoms with Crippen LogP contribution in [-0.2, 0) is 10.0 Å². The van der Waals surface area contributed by atoms with E-state index >= 15 is 0 Å². The topological polar surface area (TPSA) is 95.1 Å². The summed E-state index contributed by atoms with van der Waals surface area (Å²) < 4.78 is 28.3. The van der Waals surface area contributed by atoms with Gasteiger partial charge in [-0.3, -0.25) is 10.1 Å². The Bertz CT molecular complexity index is 1300. The van der Waals surface area contributed by atoms with Crippen molar-refractivity contribution in [1.82, 2.24) is 8.96 Å². The van der Waals surface area contributed by atoms with Crippen molar-refractivity contribution < 1.29 is 13.3 Å². The van der Waals surface area contributed by atoms with Crippen LogP contribution < -0.4 is 0 Å². The van der Waals surface area contributed by atoms with Gasteiger partial charge in [0.2, 0.25) is 0 Å². The minimum Gasteiger partial charge on any atom is -0.258 e. The van der Waals surface area contributed by atoms with Crippen LogP contribution in [0, 0.1) is 10.1 Å². The molecule has 0 fully saturated rings. The molecule has 0 N–H and O–H groups in total. The van der Waals surface area contributed by atoms with E-state index in [0.717, 1.165) is 13.8 Å². The summed E-state index contributed by atoms with van der Waals surface area (Å²) in [6.07, 6.45) is 1.17. The standard InChI is InChI=1S/C17H10BrN3O4S/c18-14-6-8-17(13-4-2-1-3-12(13)14)26(24,25)20-10-19-15-9-11(21(22)23)5-7-16(15)20/h1-10H. The van der Waals surface area contributed by atoms with Crippen molar-refractivity contribution in [3.05, 3.63) is 75.5 Å². The molecule has 0 unspecified atom stereocenters. The van der Waals surface area contributed by atoms with Crippen molar-refractivity contribution in [3.63, 3.8) is 0 Å². The van der Waals surface area contributed by atoms with Gasteiger partial charge in [-0.1, -0.05) is 40.2 Å². The molecule has 0 saturated heterocycles. The van der Waals surface area contributed by atoms with Crippen molar-refractivity contribution in [2.45, 2.75) is 4.90 Å². The second-order valence-electron chi connectivity index (χ2n) is 5.57. The minimum absolute atomic E-state index is 0.133. The van der Waals surface area contributed by atoms with Gasteiger partial charge < -0.3 is 0 Å². The SMILES string of the molecule is O=[N+]([O-])c1ccc2c(c1)ncn2S(=O)(=O)c1ccc(Br)c2ccccc12. The molecule has 0 bridgehead atoms. The van der Waals surface area contributed by atoms with E-state index in [4.69, 9.17) is 0 Å². The molecule has 26 heavy (non-hydrogen) atoms. The lowest BCUT2D eigenvalue weighted by molar-refractivity contribution is -0.384. The van der Waals surface area contributed by atoms with Crippen LogP contribution in [0.15, 0.2) is 70.3 Å². The molecule has 4 rings (SSSR count). The zero-order chi connectivity index (χ0) is 18.5. The minimum atomic E-state index is -3.94. The van der Waals surface area contributed by atoms with E-state index in [9.17, 15) is 18.5 Å². The monoisotopic (exact) mass is 431 g/mol. The lowest BCUT2D eigenvalue weighted by Gasteiger charge is -2.10. The van der Waals surface area contributed by atoms with Crippen LogP contribution in [0.3, 0.4) is 0 Å². The average Bonchev–Trinajstić information content (AvgIpc) is 3.06. The van der Waals surface area contributed by atoms with Crippen LogP contribution in [0.25, 0.3) is 21.8 Å². The largest absolute Gasteiger partial charge is 0.271 e. The zero-order valence-corrected chi connectivity index (χ0v) is 15.4. The van der Waals surface area contributed by atoms with Gasteiger partial charge in [0.05, 0.1) is 20.9 Å². The van der Waals surface area contributed by atoms with Crippen LogP contribution in [0.2, 0.25) is 0 Å². The number of hydrogen-bond acceptors (Lipinski definition) is 5. The fourth-order valence-electron chi connectivity index (χ4n) is 2.85. The highest BCUT2D eigenvalue weighted by atomic mass is 79.9. The molecular formula is C17H10BrN3O4S. The summed E-state index contributed by atoms with van der Waals surface area (Å²) in [5, 5.41) is 12.2. The molecule has 1 heterocycles. The molecule has 7 nitrogen and oxygen atoms in total. The van der Waals surface area contributed by atoms with Gasteiger partial charge in [0.25, 0.3) is 15.7 Å². The quantitative estimate of drug-likeness (QED) is 0.359. The van der Waals surface area contributed by atoms with E-state index in [1.807, 2.05) is 12.1 Å². The Kier molecular flexibility index (Phi) is 3.78. The number of nitro groups is 1. The van der Waals surface area contributed by atoms with E-state index in [-0.39, 0.29) is 21.6 Å². The number of nitro benzene ring substituents is 1. The lowest BCUT2D eigenvalue weighted by atomic mass is 10.1. The summed E-state index contributed by atoms with van der Waals surface area (Å²) in [5.74, 6) is 0. The highest BCUT2D eigenvalue weighted by molar-refractivity contribution is 9.10. The van der Waals surface area contributed by atoms with Gasteiger partial charge in [0, 0.05) is 22.0 Å². The Labute approximate surface area is 156 Å². The van der Waals surface area contributed by atoms with E-state index in [0.29, 0.717) is 5.39 Å². The normalized spacial score (nSPS) is 11.9. The molecule has 0 aliphatic heterocycles. The predicted molar refractivity (Wildman–Crippen MR) is 101 cm³/mol. The van der Waals surface area contributed by atoms with Crippen molar-refractivity contribution >= 4 is 53.4 Å². The maximum atomic E-state index is 13.2. The van der Waals surface area contributed by atoms with Crippen molar-refractivity contribution in [1.29, 1.82) is 0 Å². The molecule has 0 aliphatic carbocycles. The van der Waals surface area contributed by atoms with Crippen LogP contribution in [0.4, 0.5) is 5.69 Å². The van der Waals surface area contributed by atoms with E-state index < -0.39 is 14.9 Å². The predicted octanol–water partition coefficient (Wildman–Crippen LogP) is 4.10. The third-order valence-corrected chi connectivity index (χ3v) is 6.49. The third kappa shape index (κ3) is 2.47. The Balaban J connectivity index is 1.98. The molecule has 0 spiro atoms. The van der Waals surface area contributed by atoms with Crippen molar-refractivity contribution in [2.24, 2.45) is 0 Å². The summed E-state index contributed by atoms with van der Waals surface area (Å²) >= 11 is 3.43. The number of fused-ring (bicyclic) bond motifs is 2. The molecule has 130 valence electrons. The summed E-state index contributed by atoms with van der Waals surface area (Å²) in [4.78, 5) is 14.5. The maximum absolute atomic E-state index is 13.2. The fourth-order valence-corrected chi connectivity index (χ4v) is 4.82. The van der Waals surface area contributed by atoms with Crippen LogP contribution in [-0.4, -0.2) is 22.3 Å². The van der Waals surface area contributed by atoms with Gasteiger partial charge >= 0.3 is 0 Å². The van der Waals surface area contributed by atoms with Gasteiger partial charge in [-0.15, -0.1) is 0 Å². The van der Waals surface area contributed by atoms with Crippen LogP contribution in [0.1, 0.15) is 0 Å². The number of rotatable bonds is 3. The number of nitrogens with zero attached hydrogens (tertiary/aromatic N) is 3. The number of imidazole rings is 1. The molecule has 0 aliphatic rings. The molecule has 1 aromatic heterocycles. The highest BCUT2D eigenvalue weighted by Crippen LogP contribution is 2.32. The smallest absolute Gasteiger partial charge is 0.258 e. The average molecular weight is 432 g/mol. The molecule has 0 saturated carbocycles. The first kappa shape index (κ1) is 16.7. The molecule has 0 amide bonds. The summed E-state index contributed by atoms with van der Waals surface area (Å²) in [7, 11) is -3.94. The number of aromatic nitrogens is 2. The zero-order valence-electron chi connectivity index (χ0n) is 13.0. The van der Waals surface area contributed by atoms with Crippen LogP contribution >= 0.6 is 15.9 Å². The number of benzene rings is 3. The summed E-state index contributed by atoms with van der Waals surface area (Å²) in [5.41, 5.74) is 0.376. The summed E-state index contributed by atoms with van der Waals surface area (Å²) in [6.45, 7) is 0. The Morgan fingerprint density at radius 2 is 1.77 bits per heavy atom. The van der Waals surface area contributed by atoms with Gasteiger partial charge in [-0.05, 0) is 23.6 Å². The van der Waals surface area contributed by atoms with Gasteiger partial charge in [-0.25, -0.2) is 17.4 Å². The first-order valence-corrected chi connectivity index (χ1v) is 9.67. The lowest BCUT2D eigenvalue weighted by Crippen LogP contribution is -2.12. The second-order valence-corrected chi connectivity index (χ2v) is 8.20. The van der Waals surface area contributed by atoms with Gasteiger partial charge in [0.1, 0.15) is 6.33 Å². The Morgan fingerprint density at radius 3 is 2.50 bits per heavy atom. The van der Waals surface area contributed by atoms with E-state index in [1.165, 1.54) is 30.6 Å². The number of hydrogen-bond donors (Lipinski definition) is 0. The second kappa shape index (κ2) is 5.89. The first-order chi connectivity index (χ1) is 12.4. The van der Waals surface area contributed by atoms with E-state index in [2.05, 4.69) is 20.9 Å². The Hall–Kier alpha value is -2.78. The van der Waals surface area contributed by atoms with Gasteiger partial charge in [0.15, 0.2) is 0 Å². The van der Waals surface area contributed by atoms with Crippen LogP contribution in [0.5, 0.6) is 0 Å². The molecule has 4 aromatic rings. The fraction of sp³-hybridized carbons (Fsp3) is 0. The Morgan fingerprint density at radius 1 is 1.04 bits per heavy atom. The third-order valence-electron chi connectivity index (χ3n) is 4.08. The molecule has 3 aromatic carbocycles. The molecule has 0 atom stereocenters. The molecule has 9 heteroatoms. The number of halogens is 1. The number of non-ortho nitro benzene ring substituents is 1.